The predicted molar refractivity (Wildman–Crippen MR) is 124 cm³/mol. The van der Waals surface area contributed by atoms with Gasteiger partial charge in [-0.05, 0) is 55.8 Å². The van der Waals surface area contributed by atoms with E-state index in [-0.39, 0.29) is 24.0 Å². The second kappa shape index (κ2) is 12.0. The molecule has 1 aromatic heterocycles. The first-order chi connectivity index (χ1) is 13.3. The Labute approximate surface area is 184 Å². The van der Waals surface area contributed by atoms with Gasteiger partial charge >= 0.3 is 0 Å². The summed E-state index contributed by atoms with van der Waals surface area (Å²) in [7, 11) is 3.51. The summed E-state index contributed by atoms with van der Waals surface area (Å²) in [5.74, 6) is 2.69. The molecule has 0 aliphatic carbocycles. The SMILES string of the molecule is CN=C(NCCc1ccco1)NCC(c1ccc(OC)cc1)N1CCCC1.I. The standard InChI is InChI=1S/C21H30N4O2.HI/c1-22-21(23-12-11-19-6-5-15-27-19)24-16-20(25-13-3-4-14-25)17-7-9-18(26-2)10-8-17;/h5-10,15,20H,3-4,11-14,16H2,1-2H3,(H2,22,23,24);1H. The highest BCUT2D eigenvalue weighted by atomic mass is 127. The molecule has 1 unspecified atom stereocenters. The number of furan rings is 1. The van der Waals surface area contributed by atoms with Gasteiger partial charge in [0.05, 0.1) is 19.4 Å². The molecule has 0 saturated carbocycles. The molecule has 0 bridgehead atoms. The fraction of sp³-hybridized carbons (Fsp3) is 0.476. The Hall–Kier alpha value is -1.74. The van der Waals surface area contributed by atoms with Crippen LogP contribution in [0.5, 0.6) is 5.75 Å². The number of methoxy groups -OCH3 is 1. The van der Waals surface area contributed by atoms with Gasteiger partial charge < -0.3 is 19.8 Å². The molecule has 1 atom stereocenters. The number of hydrogen-bond acceptors (Lipinski definition) is 4. The van der Waals surface area contributed by atoms with Gasteiger partial charge in [0.2, 0.25) is 0 Å². The lowest BCUT2D eigenvalue weighted by Gasteiger charge is -2.29. The zero-order valence-electron chi connectivity index (χ0n) is 16.7. The van der Waals surface area contributed by atoms with Crippen LogP contribution in [0, 0.1) is 0 Å². The average molecular weight is 498 g/mol. The Balaban J connectivity index is 0.00000280. The fourth-order valence-electron chi connectivity index (χ4n) is 3.51. The third-order valence-electron chi connectivity index (χ3n) is 5.01. The van der Waals surface area contributed by atoms with E-state index in [1.807, 2.05) is 24.3 Å². The van der Waals surface area contributed by atoms with Crippen molar-refractivity contribution < 1.29 is 9.15 Å². The van der Waals surface area contributed by atoms with Crippen molar-refractivity contribution in [1.29, 1.82) is 0 Å². The fourth-order valence-corrected chi connectivity index (χ4v) is 3.51. The van der Waals surface area contributed by atoms with Crippen LogP contribution >= 0.6 is 24.0 Å². The van der Waals surface area contributed by atoms with E-state index in [0.29, 0.717) is 6.04 Å². The maximum Gasteiger partial charge on any atom is 0.191 e. The first kappa shape index (κ1) is 22.5. The number of aliphatic imine (C=N–C) groups is 1. The highest BCUT2D eigenvalue weighted by molar-refractivity contribution is 14.0. The van der Waals surface area contributed by atoms with Crippen LogP contribution in [0.3, 0.4) is 0 Å². The zero-order valence-corrected chi connectivity index (χ0v) is 19.0. The molecule has 1 saturated heterocycles. The van der Waals surface area contributed by atoms with Crippen LogP contribution in [0.2, 0.25) is 0 Å². The molecule has 28 heavy (non-hydrogen) atoms. The lowest BCUT2D eigenvalue weighted by atomic mass is 10.1. The monoisotopic (exact) mass is 498 g/mol. The van der Waals surface area contributed by atoms with Crippen molar-refractivity contribution in [2.45, 2.75) is 25.3 Å². The highest BCUT2D eigenvalue weighted by Gasteiger charge is 2.23. The third-order valence-corrected chi connectivity index (χ3v) is 5.01. The Bertz CT molecular complexity index is 698. The van der Waals surface area contributed by atoms with Crippen LogP contribution in [0.25, 0.3) is 0 Å². The minimum atomic E-state index is 0. The highest BCUT2D eigenvalue weighted by Crippen LogP contribution is 2.26. The molecule has 6 nitrogen and oxygen atoms in total. The first-order valence-electron chi connectivity index (χ1n) is 9.65. The molecular formula is C21H31IN4O2. The minimum absolute atomic E-state index is 0. The van der Waals surface area contributed by atoms with Gasteiger partial charge in [-0.2, -0.15) is 0 Å². The normalized spacial score (nSPS) is 15.7. The van der Waals surface area contributed by atoms with Crippen LogP contribution in [-0.4, -0.2) is 51.2 Å². The van der Waals surface area contributed by atoms with E-state index >= 15 is 0 Å². The van der Waals surface area contributed by atoms with E-state index < -0.39 is 0 Å². The van der Waals surface area contributed by atoms with Crippen LogP contribution in [0.4, 0.5) is 0 Å². The van der Waals surface area contributed by atoms with Crippen LogP contribution in [-0.2, 0) is 6.42 Å². The molecule has 3 rings (SSSR count). The molecule has 0 amide bonds. The molecule has 2 heterocycles. The van der Waals surface area contributed by atoms with Crippen LogP contribution < -0.4 is 15.4 Å². The Morgan fingerprint density at radius 2 is 1.93 bits per heavy atom. The summed E-state index contributed by atoms with van der Waals surface area (Å²) in [6.07, 6.45) is 5.07. The van der Waals surface area contributed by atoms with Gasteiger partial charge in [-0.1, -0.05) is 12.1 Å². The largest absolute Gasteiger partial charge is 0.497 e. The third kappa shape index (κ3) is 6.41. The van der Waals surface area contributed by atoms with Gasteiger partial charge in [-0.3, -0.25) is 9.89 Å². The van der Waals surface area contributed by atoms with Gasteiger partial charge in [0.25, 0.3) is 0 Å². The van der Waals surface area contributed by atoms with Crippen molar-refractivity contribution in [3.63, 3.8) is 0 Å². The van der Waals surface area contributed by atoms with Crippen molar-refractivity contribution in [2.24, 2.45) is 4.99 Å². The van der Waals surface area contributed by atoms with E-state index in [0.717, 1.165) is 50.1 Å². The van der Waals surface area contributed by atoms with E-state index in [4.69, 9.17) is 9.15 Å². The number of nitrogens with zero attached hydrogens (tertiary/aromatic N) is 2. The molecule has 1 aliphatic rings. The zero-order chi connectivity index (χ0) is 18.9. The van der Waals surface area contributed by atoms with Gasteiger partial charge in [0.1, 0.15) is 11.5 Å². The van der Waals surface area contributed by atoms with Crippen molar-refractivity contribution in [2.75, 3.05) is 40.3 Å². The Morgan fingerprint density at radius 3 is 2.54 bits per heavy atom. The Kier molecular flexibility index (Phi) is 9.63. The van der Waals surface area contributed by atoms with Crippen LogP contribution in [0.15, 0.2) is 52.1 Å². The van der Waals surface area contributed by atoms with E-state index in [1.54, 1.807) is 20.4 Å². The van der Waals surface area contributed by atoms with E-state index in [2.05, 4.69) is 32.7 Å². The molecule has 154 valence electrons. The first-order valence-corrected chi connectivity index (χ1v) is 9.65. The van der Waals surface area contributed by atoms with Gasteiger partial charge in [0, 0.05) is 26.6 Å². The second-order valence-electron chi connectivity index (χ2n) is 6.74. The molecule has 1 aromatic carbocycles. The summed E-state index contributed by atoms with van der Waals surface area (Å²) >= 11 is 0. The van der Waals surface area contributed by atoms with Gasteiger partial charge in [-0.25, -0.2) is 0 Å². The van der Waals surface area contributed by atoms with Crippen molar-refractivity contribution in [1.82, 2.24) is 15.5 Å². The summed E-state index contributed by atoms with van der Waals surface area (Å²) in [5, 5.41) is 6.85. The van der Waals surface area contributed by atoms with Crippen molar-refractivity contribution in [3.8, 4) is 5.75 Å². The quantitative estimate of drug-likeness (QED) is 0.332. The number of likely N-dealkylation sites (tertiary alicyclic amines) is 1. The molecule has 7 heteroatoms. The van der Waals surface area contributed by atoms with Crippen LogP contribution in [0.1, 0.15) is 30.2 Å². The van der Waals surface area contributed by atoms with Crippen molar-refractivity contribution >= 4 is 29.9 Å². The number of ether oxygens (including phenoxy) is 1. The summed E-state index contributed by atoms with van der Waals surface area (Å²) < 4.78 is 10.7. The minimum Gasteiger partial charge on any atom is -0.497 e. The topological polar surface area (TPSA) is 62.0 Å². The molecule has 0 radical (unpaired) electrons. The van der Waals surface area contributed by atoms with Gasteiger partial charge in [-0.15, -0.1) is 24.0 Å². The number of guanidine groups is 1. The van der Waals surface area contributed by atoms with E-state index in [9.17, 15) is 0 Å². The number of benzene rings is 1. The summed E-state index contributed by atoms with van der Waals surface area (Å²) in [6.45, 7) is 3.88. The molecule has 0 spiro atoms. The maximum atomic E-state index is 5.37. The summed E-state index contributed by atoms with van der Waals surface area (Å²) in [4.78, 5) is 6.90. The second-order valence-corrected chi connectivity index (χ2v) is 6.74. The molecular weight excluding hydrogens is 467 g/mol. The lowest BCUT2D eigenvalue weighted by Crippen LogP contribution is -2.43. The number of hydrogen-bond donors (Lipinski definition) is 2. The molecule has 2 aromatic rings. The summed E-state index contributed by atoms with van der Waals surface area (Å²) in [6, 6.07) is 12.6. The van der Waals surface area contributed by atoms with Gasteiger partial charge in [0.15, 0.2) is 5.96 Å². The average Bonchev–Trinajstić information content (AvgIpc) is 3.41. The molecule has 1 fully saturated rings. The van der Waals surface area contributed by atoms with Crippen molar-refractivity contribution in [3.05, 3.63) is 54.0 Å². The molecule has 2 N–H and O–H groups in total. The Morgan fingerprint density at radius 1 is 1.18 bits per heavy atom. The van der Waals surface area contributed by atoms with E-state index in [1.165, 1.54) is 18.4 Å². The number of rotatable bonds is 8. The number of nitrogens with one attached hydrogen (secondary N) is 2. The summed E-state index contributed by atoms with van der Waals surface area (Å²) in [5.41, 5.74) is 1.30. The molecule has 1 aliphatic heterocycles. The maximum absolute atomic E-state index is 5.37. The lowest BCUT2D eigenvalue weighted by molar-refractivity contribution is 0.245. The number of halogens is 1. The smallest absolute Gasteiger partial charge is 0.191 e. The predicted octanol–water partition coefficient (Wildman–Crippen LogP) is 3.45.